The standard InChI is InChI=1S/C15H17N3O2/c1-11-5-3-4-6-13(11)18-14(19)8-7-12-9-16-15(20-2)17-10-12/h3-6,9-10H,7-8H2,1-2H3,(H,18,19). The van der Waals surface area contributed by atoms with Crippen molar-refractivity contribution in [2.45, 2.75) is 19.8 Å². The lowest BCUT2D eigenvalue weighted by Crippen LogP contribution is -2.13. The van der Waals surface area contributed by atoms with Crippen LogP contribution in [0, 0.1) is 6.92 Å². The first-order valence-electron chi connectivity index (χ1n) is 6.39. The fourth-order valence-corrected chi connectivity index (χ4v) is 1.76. The number of aryl methyl sites for hydroxylation is 2. The van der Waals surface area contributed by atoms with E-state index in [-0.39, 0.29) is 5.91 Å². The molecular weight excluding hydrogens is 254 g/mol. The Morgan fingerprint density at radius 1 is 1.25 bits per heavy atom. The summed E-state index contributed by atoms with van der Waals surface area (Å²) in [4.78, 5) is 19.9. The van der Waals surface area contributed by atoms with Crippen LogP contribution in [0.4, 0.5) is 5.69 Å². The third kappa shape index (κ3) is 3.78. The summed E-state index contributed by atoms with van der Waals surface area (Å²) in [5.74, 6) is -0.0184. The van der Waals surface area contributed by atoms with E-state index in [1.807, 2.05) is 31.2 Å². The number of anilines is 1. The maximum Gasteiger partial charge on any atom is 0.316 e. The summed E-state index contributed by atoms with van der Waals surface area (Å²) >= 11 is 0. The normalized spacial score (nSPS) is 10.1. The molecule has 20 heavy (non-hydrogen) atoms. The molecule has 1 aromatic heterocycles. The van der Waals surface area contributed by atoms with E-state index in [0.29, 0.717) is 18.9 Å². The second-order valence-electron chi connectivity index (χ2n) is 4.44. The van der Waals surface area contributed by atoms with Gasteiger partial charge in [0.2, 0.25) is 5.91 Å². The van der Waals surface area contributed by atoms with Crippen LogP contribution in [-0.2, 0) is 11.2 Å². The summed E-state index contributed by atoms with van der Waals surface area (Å²) in [5.41, 5.74) is 2.81. The number of hydrogen-bond acceptors (Lipinski definition) is 4. The van der Waals surface area contributed by atoms with Gasteiger partial charge in [0.15, 0.2) is 0 Å². The van der Waals surface area contributed by atoms with Crippen LogP contribution in [0.15, 0.2) is 36.7 Å². The summed E-state index contributed by atoms with van der Waals surface area (Å²) in [6.07, 6.45) is 4.34. The Kier molecular flexibility index (Phi) is 4.65. The molecule has 0 aliphatic rings. The molecule has 1 amide bonds. The van der Waals surface area contributed by atoms with Crippen LogP contribution >= 0.6 is 0 Å². The van der Waals surface area contributed by atoms with E-state index >= 15 is 0 Å². The van der Waals surface area contributed by atoms with Crippen molar-refractivity contribution in [3.8, 4) is 6.01 Å². The first-order chi connectivity index (χ1) is 9.69. The van der Waals surface area contributed by atoms with Gasteiger partial charge in [-0.3, -0.25) is 4.79 Å². The molecule has 0 bridgehead atoms. The zero-order valence-electron chi connectivity index (χ0n) is 11.6. The van der Waals surface area contributed by atoms with Gasteiger partial charge in [0.25, 0.3) is 0 Å². The van der Waals surface area contributed by atoms with Crippen molar-refractivity contribution >= 4 is 11.6 Å². The maximum absolute atomic E-state index is 11.9. The molecule has 0 saturated heterocycles. The molecule has 104 valence electrons. The number of methoxy groups -OCH3 is 1. The number of carbonyl (C=O) groups is 1. The molecule has 5 nitrogen and oxygen atoms in total. The van der Waals surface area contributed by atoms with Crippen molar-refractivity contribution in [3.63, 3.8) is 0 Å². The highest BCUT2D eigenvalue weighted by Crippen LogP contribution is 2.13. The average Bonchev–Trinajstić information content (AvgIpc) is 2.48. The van der Waals surface area contributed by atoms with E-state index in [1.165, 1.54) is 7.11 Å². The third-order valence-electron chi connectivity index (χ3n) is 2.92. The fourth-order valence-electron chi connectivity index (χ4n) is 1.76. The molecular formula is C15H17N3O2. The zero-order chi connectivity index (χ0) is 14.4. The SMILES string of the molecule is COc1ncc(CCC(=O)Nc2ccccc2C)cn1. The lowest BCUT2D eigenvalue weighted by Gasteiger charge is -2.07. The highest BCUT2D eigenvalue weighted by molar-refractivity contribution is 5.91. The first-order valence-corrected chi connectivity index (χ1v) is 6.39. The fraction of sp³-hybridized carbons (Fsp3) is 0.267. The highest BCUT2D eigenvalue weighted by Gasteiger charge is 2.05. The van der Waals surface area contributed by atoms with E-state index in [9.17, 15) is 4.79 Å². The van der Waals surface area contributed by atoms with Crippen molar-refractivity contribution in [3.05, 3.63) is 47.8 Å². The van der Waals surface area contributed by atoms with E-state index < -0.39 is 0 Å². The van der Waals surface area contributed by atoms with Crippen LogP contribution in [0.1, 0.15) is 17.5 Å². The Bertz CT molecular complexity index is 582. The van der Waals surface area contributed by atoms with E-state index in [4.69, 9.17) is 4.74 Å². The lowest BCUT2D eigenvalue weighted by molar-refractivity contribution is -0.116. The minimum Gasteiger partial charge on any atom is -0.467 e. The van der Waals surface area contributed by atoms with Gasteiger partial charge < -0.3 is 10.1 Å². The summed E-state index contributed by atoms with van der Waals surface area (Å²) in [6, 6.07) is 8.04. The third-order valence-corrected chi connectivity index (χ3v) is 2.92. The number of benzene rings is 1. The Morgan fingerprint density at radius 2 is 1.95 bits per heavy atom. The van der Waals surface area contributed by atoms with Gasteiger partial charge in [-0.05, 0) is 30.5 Å². The predicted molar refractivity (Wildman–Crippen MR) is 76.7 cm³/mol. The van der Waals surface area contributed by atoms with Crippen LogP contribution in [0.3, 0.4) is 0 Å². The molecule has 0 saturated carbocycles. The number of hydrogen-bond donors (Lipinski definition) is 1. The van der Waals surface area contributed by atoms with Gasteiger partial charge in [0.1, 0.15) is 0 Å². The number of nitrogens with zero attached hydrogens (tertiary/aromatic N) is 2. The van der Waals surface area contributed by atoms with Gasteiger partial charge in [-0.1, -0.05) is 18.2 Å². The van der Waals surface area contributed by atoms with Gasteiger partial charge in [-0.15, -0.1) is 0 Å². The van der Waals surface area contributed by atoms with Crippen LogP contribution in [0.25, 0.3) is 0 Å². The van der Waals surface area contributed by atoms with Crippen LogP contribution in [-0.4, -0.2) is 23.0 Å². The summed E-state index contributed by atoms with van der Waals surface area (Å²) in [7, 11) is 1.52. The smallest absolute Gasteiger partial charge is 0.316 e. The van der Waals surface area contributed by atoms with Gasteiger partial charge in [0, 0.05) is 24.5 Å². The number of aromatic nitrogens is 2. The molecule has 0 spiro atoms. The van der Waals surface area contributed by atoms with Gasteiger partial charge >= 0.3 is 6.01 Å². The predicted octanol–water partition coefficient (Wildman–Crippen LogP) is 2.36. The molecule has 1 N–H and O–H groups in total. The quantitative estimate of drug-likeness (QED) is 0.906. The molecule has 2 aromatic rings. The number of para-hydroxylation sites is 1. The molecule has 2 rings (SSSR count). The van der Waals surface area contributed by atoms with E-state index in [0.717, 1.165) is 16.8 Å². The second-order valence-corrected chi connectivity index (χ2v) is 4.44. The topological polar surface area (TPSA) is 64.1 Å². The largest absolute Gasteiger partial charge is 0.467 e. The van der Waals surface area contributed by atoms with Gasteiger partial charge in [-0.25, -0.2) is 9.97 Å². The molecule has 0 fully saturated rings. The van der Waals surface area contributed by atoms with Crippen molar-refractivity contribution < 1.29 is 9.53 Å². The van der Waals surface area contributed by atoms with Gasteiger partial charge in [0.05, 0.1) is 7.11 Å². The average molecular weight is 271 g/mol. The Labute approximate surface area is 118 Å². The lowest BCUT2D eigenvalue weighted by atomic mass is 10.1. The first kappa shape index (κ1) is 14.0. The number of amides is 1. The van der Waals surface area contributed by atoms with E-state index in [1.54, 1.807) is 12.4 Å². The van der Waals surface area contributed by atoms with Gasteiger partial charge in [-0.2, -0.15) is 0 Å². The summed E-state index contributed by atoms with van der Waals surface area (Å²) in [6.45, 7) is 1.97. The van der Waals surface area contributed by atoms with Crippen molar-refractivity contribution in [1.82, 2.24) is 9.97 Å². The number of nitrogens with one attached hydrogen (secondary N) is 1. The minimum atomic E-state index is -0.0184. The Balaban J connectivity index is 1.87. The monoisotopic (exact) mass is 271 g/mol. The molecule has 0 atom stereocenters. The maximum atomic E-state index is 11.9. The molecule has 0 radical (unpaired) electrons. The zero-order valence-corrected chi connectivity index (χ0v) is 11.6. The number of ether oxygens (including phenoxy) is 1. The summed E-state index contributed by atoms with van der Waals surface area (Å²) in [5, 5.41) is 2.90. The van der Waals surface area contributed by atoms with Crippen molar-refractivity contribution in [1.29, 1.82) is 0 Å². The molecule has 5 heteroatoms. The highest BCUT2D eigenvalue weighted by atomic mass is 16.5. The Morgan fingerprint density at radius 3 is 2.60 bits per heavy atom. The van der Waals surface area contributed by atoms with Crippen LogP contribution in [0.5, 0.6) is 6.01 Å². The van der Waals surface area contributed by atoms with Crippen LogP contribution < -0.4 is 10.1 Å². The van der Waals surface area contributed by atoms with E-state index in [2.05, 4.69) is 15.3 Å². The second kappa shape index (κ2) is 6.65. The molecule has 0 aliphatic heterocycles. The van der Waals surface area contributed by atoms with Crippen molar-refractivity contribution in [2.75, 3.05) is 12.4 Å². The Hall–Kier alpha value is -2.43. The van der Waals surface area contributed by atoms with Crippen LogP contribution in [0.2, 0.25) is 0 Å². The molecule has 0 aliphatic carbocycles. The van der Waals surface area contributed by atoms with Crippen molar-refractivity contribution in [2.24, 2.45) is 0 Å². The number of rotatable bonds is 5. The molecule has 1 aromatic carbocycles. The molecule has 1 heterocycles. The molecule has 0 unspecified atom stereocenters. The summed E-state index contributed by atoms with van der Waals surface area (Å²) < 4.78 is 4.89. The minimum absolute atomic E-state index is 0.0184. The number of carbonyl (C=O) groups excluding carboxylic acids is 1.